The smallest absolute Gasteiger partial charge is 0.119 e. The first-order valence-electron chi connectivity index (χ1n) is 6.78. The highest BCUT2D eigenvalue weighted by Crippen LogP contribution is 2.27. The summed E-state index contributed by atoms with van der Waals surface area (Å²) in [5.41, 5.74) is 3.33. The van der Waals surface area contributed by atoms with E-state index in [9.17, 15) is 0 Å². The van der Waals surface area contributed by atoms with Crippen LogP contribution in [-0.4, -0.2) is 13.3 Å². The summed E-state index contributed by atoms with van der Waals surface area (Å²) in [5, 5.41) is 0. The van der Waals surface area contributed by atoms with Crippen LogP contribution in [0.3, 0.4) is 0 Å². The summed E-state index contributed by atoms with van der Waals surface area (Å²) in [4.78, 5) is 4.49. The molecule has 104 valence electrons. The van der Waals surface area contributed by atoms with Gasteiger partial charge < -0.3 is 4.74 Å². The maximum absolute atomic E-state index is 5.38. The van der Waals surface area contributed by atoms with Crippen LogP contribution in [0.15, 0.2) is 53.5 Å². The summed E-state index contributed by atoms with van der Waals surface area (Å²) in [6, 6.07) is 16.2. The molecule has 2 rings (SSSR count). The fraction of sp³-hybridized carbons (Fsp3) is 0.278. The Morgan fingerprint density at radius 1 is 1.00 bits per heavy atom. The number of para-hydroxylation sites is 1. The molecule has 0 unspecified atom stereocenters. The van der Waals surface area contributed by atoms with E-state index in [0.717, 1.165) is 17.0 Å². The van der Waals surface area contributed by atoms with E-state index in [0.29, 0.717) is 0 Å². The number of hydrogen-bond acceptors (Lipinski definition) is 2. The molecule has 0 heterocycles. The van der Waals surface area contributed by atoms with Crippen molar-refractivity contribution in [1.82, 2.24) is 0 Å². The lowest BCUT2D eigenvalue weighted by molar-refractivity contribution is 0.412. The molecular weight excluding hydrogens is 246 g/mol. The summed E-state index contributed by atoms with van der Waals surface area (Å²) in [6.07, 6.45) is 1.88. The molecule has 0 aliphatic heterocycles. The highest BCUT2D eigenvalue weighted by molar-refractivity contribution is 5.83. The Bertz CT molecular complexity index is 595. The molecule has 20 heavy (non-hydrogen) atoms. The van der Waals surface area contributed by atoms with Crippen LogP contribution in [0.1, 0.15) is 31.9 Å². The molecule has 0 fully saturated rings. The fourth-order valence-electron chi connectivity index (χ4n) is 1.91. The third kappa shape index (κ3) is 3.70. The molecule has 0 N–H and O–H groups in total. The van der Waals surface area contributed by atoms with Crippen molar-refractivity contribution < 1.29 is 4.74 Å². The van der Waals surface area contributed by atoms with Crippen LogP contribution in [0.4, 0.5) is 5.69 Å². The molecule has 0 aliphatic carbocycles. The monoisotopic (exact) mass is 267 g/mol. The molecule has 2 aromatic rings. The zero-order chi connectivity index (χ0) is 14.6. The van der Waals surface area contributed by atoms with Crippen molar-refractivity contribution in [2.45, 2.75) is 26.2 Å². The van der Waals surface area contributed by atoms with Gasteiger partial charge in [-0.15, -0.1) is 0 Å². The first-order valence-corrected chi connectivity index (χ1v) is 6.78. The third-order valence-electron chi connectivity index (χ3n) is 3.15. The topological polar surface area (TPSA) is 21.6 Å². The Morgan fingerprint density at radius 3 is 2.30 bits per heavy atom. The quantitative estimate of drug-likeness (QED) is 0.736. The molecule has 0 saturated heterocycles. The number of hydrogen-bond donors (Lipinski definition) is 0. The predicted octanol–water partition coefficient (Wildman–Crippen LogP) is 4.74. The van der Waals surface area contributed by atoms with Gasteiger partial charge in [0.25, 0.3) is 0 Å². The summed E-state index contributed by atoms with van der Waals surface area (Å²) < 4.78 is 5.38. The second kappa shape index (κ2) is 5.91. The van der Waals surface area contributed by atoms with Crippen LogP contribution in [0, 0.1) is 0 Å². The van der Waals surface area contributed by atoms with Crippen molar-refractivity contribution in [2.24, 2.45) is 4.99 Å². The van der Waals surface area contributed by atoms with Gasteiger partial charge in [0.05, 0.1) is 12.8 Å². The SMILES string of the molecule is COc1cc(C=Nc2ccccc2)cc(C(C)(C)C)c1. The van der Waals surface area contributed by atoms with Gasteiger partial charge in [0, 0.05) is 6.21 Å². The molecular formula is C18H21NO. The average molecular weight is 267 g/mol. The Kier molecular flexibility index (Phi) is 4.23. The van der Waals surface area contributed by atoms with Crippen molar-refractivity contribution in [3.8, 4) is 5.75 Å². The highest BCUT2D eigenvalue weighted by atomic mass is 16.5. The lowest BCUT2D eigenvalue weighted by Gasteiger charge is -2.20. The molecule has 0 spiro atoms. The molecule has 2 nitrogen and oxygen atoms in total. The number of aliphatic imine (C=N–C) groups is 1. The average Bonchev–Trinajstić information content (AvgIpc) is 2.45. The number of rotatable bonds is 3. The van der Waals surface area contributed by atoms with Gasteiger partial charge >= 0.3 is 0 Å². The standard InChI is InChI=1S/C18H21NO/c1-18(2,3)15-10-14(11-17(12-15)20-4)13-19-16-8-6-5-7-9-16/h5-13H,1-4H3. The van der Waals surface area contributed by atoms with E-state index in [4.69, 9.17) is 4.74 Å². The lowest BCUT2D eigenvalue weighted by atomic mass is 9.86. The number of ether oxygens (including phenoxy) is 1. The van der Waals surface area contributed by atoms with Gasteiger partial charge in [-0.1, -0.05) is 39.0 Å². The van der Waals surface area contributed by atoms with Crippen LogP contribution >= 0.6 is 0 Å². The molecule has 0 aromatic heterocycles. The van der Waals surface area contributed by atoms with E-state index in [1.807, 2.05) is 42.6 Å². The summed E-state index contributed by atoms with van der Waals surface area (Å²) >= 11 is 0. The molecule has 0 atom stereocenters. The Labute approximate surface area is 121 Å². The van der Waals surface area contributed by atoms with Gasteiger partial charge in [-0.25, -0.2) is 0 Å². The Hall–Kier alpha value is -2.09. The predicted molar refractivity (Wildman–Crippen MR) is 85.4 cm³/mol. The van der Waals surface area contributed by atoms with Crippen molar-refractivity contribution in [3.05, 3.63) is 59.7 Å². The van der Waals surface area contributed by atoms with Gasteiger partial charge in [-0.3, -0.25) is 4.99 Å². The van der Waals surface area contributed by atoms with Crippen molar-refractivity contribution in [1.29, 1.82) is 0 Å². The first kappa shape index (κ1) is 14.3. The van der Waals surface area contributed by atoms with Crippen LogP contribution in [-0.2, 0) is 5.41 Å². The molecule has 2 heteroatoms. The van der Waals surface area contributed by atoms with Gasteiger partial charge in [-0.05, 0) is 46.9 Å². The van der Waals surface area contributed by atoms with Crippen LogP contribution in [0.5, 0.6) is 5.75 Å². The van der Waals surface area contributed by atoms with E-state index < -0.39 is 0 Å². The Morgan fingerprint density at radius 2 is 1.70 bits per heavy atom. The second-order valence-corrected chi connectivity index (χ2v) is 5.84. The van der Waals surface area contributed by atoms with E-state index >= 15 is 0 Å². The van der Waals surface area contributed by atoms with E-state index in [-0.39, 0.29) is 5.41 Å². The van der Waals surface area contributed by atoms with Crippen molar-refractivity contribution in [3.63, 3.8) is 0 Å². The van der Waals surface area contributed by atoms with E-state index in [2.05, 4.69) is 37.9 Å². The summed E-state index contributed by atoms with van der Waals surface area (Å²) in [6.45, 7) is 6.58. The Balaban J connectivity index is 2.34. The largest absolute Gasteiger partial charge is 0.497 e. The van der Waals surface area contributed by atoms with Crippen molar-refractivity contribution >= 4 is 11.9 Å². The van der Waals surface area contributed by atoms with Gasteiger partial charge in [-0.2, -0.15) is 0 Å². The van der Waals surface area contributed by atoms with Crippen LogP contribution < -0.4 is 4.74 Å². The molecule has 2 aromatic carbocycles. The minimum Gasteiger partial charge on any atom is -0.497 e. The normalized spacial score (nSPS) is 11.8. The maximum Gasteiger partial charge on any atom is 0.119 e. The minimum atomic E-state index is 0.0872. The van der Waals surface area contributed by atoms with Gasteiger partial charge in [0.2, 0.25) is 0 Å². The van der Waals surface area contributed by atoms with E-state index in [1.54, 1.807) is 7.11 Å². The maximum atomic E-state index is 5.38. The summed E-state index contributed by atoms with van der Waals surface area (Å²) in [7, 11) is 1.69. The highest BCUT2D eigenvalue weighted by Gasteiger charge is 2.15. The first-order chi connectivity index (χ1) is 9.49. The molecule has 0 amide bonds. The second-order valence-electron chi connectivity index (χ2n) is 5.84. The molecule has 0 saturated carbocycles. The molecule has 0 bridgehead atoms. The molecule has 0 aliphatic rings. The molecule has 0 radical (unpaired) electrons. The summed E-state index contributed by atoms with van der Waals surface area (Å²) in [5.74, 6) is 0.868. The minimum absolute atomic E-state index is 0.0872. The fourth-order valence-corrected chi connectivity index (χ4v) is 1.91. The van der Waals surface area contributed by atoms with Crippen LogP contribution in [0.25, 0.3) is 0 Å². The van der Waals surface area contributed by atoms with Gasteiger partial charge in [0.1, 0.15) is 5.75 Å². The van der Waals surface area contributed by atoms with Gasteiger partial charge in [0.15, 0.2) is 0 Å². The zero-order valence-electron chi connectivity index (χ0n) is 12.6. The van der Waals surface area contributed by atoms with Crippen molar-refractivity contribution in [2.75, 3.05) is 7.11 Å². The zero-order valence-corrected chi connectivity index (χ0v) is 12.6. The number of nitrogens with zero attached hydrogens (tertiary/aromatic N) is 1. The third-order valence-corrected chi connectivity index (χ3v) is 3.15. The number of benzene rings is 2. The number of methoxy groups -OCH3 is 1. The van der Waals surface area contributed by atoms with Crippen LogP contribution in [0.2, 0.25) is 0 Å². The lowest BCUT2D eigenvalue weighted by Crippen LogP contribution is -2.11. The van der Waals surface area contributed by atoms with E-state index in [1.165, 1.54) is 5.56 Å².